The van der Waals surface area contributed by atoms with Crippen LogP contribution in [0.2, 0.25) is 0 Å². The van der Waals surface area contributed by atoms with Crippen molar-refractivity contribution in [2.75, 3.05) is 5.32 Å². The molecule has 1 aromatic heterocycles. The van der Waals surface area contributed by atoms with Crippen molar-refractivity contribution >= 4 is 28.6 Å². The highest BCUT2D eigenvalue weighted by Gasteiger charge is 2.11. The fourth-order valence-corrected chi connectivity index (χ4v) is 2.42. The third-order valence-electron chi connectivity index (χ3n) is 2.59. The van der Waals surface area contributed by atoms with Gasteiger partial charge in [0.05, 0.1) is 11.3 Å². The summed E-state index contributed by atoms with van der Waals surface area (Å²) >= 11 is 1.52. The van der Waals surface area contributed by atoms with Gasteiger partial charge in [0.1, 0.15) is 0 Å². The van der Waals surface area contributed by atoms with Gasteiger partial charge >= 0.3 is 0 Å². The lowest BCUT2D eigenvalue weighted by molar-refractivity contribution is -0.385. The van der Waals surface area contributed by atoms with E-state index in [9.17, 15) is 14.9 Å². The molecule has 0 saturated heterocycles. The summed E-state index contributed by atoms with van der Waals surface area (Å²) in [5.74, 6) is -0.129. The van der Waals surface area contributed by atoms with E-state index in [1.165, 1.54) is 23.5 Å². The van der Waals surface area contributed by atoms with Crippen LogP contribution in [-0.4, -0.2) is 10.8 Å². The molecule has 5 nitrogen and oxygen atoms in total. The molecule has 0 saturated carbocycles. The van der Waals surface area contributed by atoms with Crippen molar-refractivity contribution in [3.05, 3.63) is 56.3 Å². The number of carbonyl (C=O) groups is 1. The molecular weight excluding hydrogens is 264 g/mol. The van der Waals surface area contributed by atoms with Crippen LogP contribution in [0.5, 0.6) is 0 Å². The topological polar surface area (TPSA) is 72.2 Å². The standard InChI is InChI=1S/C13H12N2O3S/c1-9-7-10(4-5-12(9)15(17)18)14-13(16)8-11-3-2-6-19-11/h2-7H,8H2,1H3,(H,14,16). The molecular formula is C13H12N2O3S. The summed E-state index contributed by atoms with van der Waals surface area (Å²) in [7, 11) is 0. The Balaban J connectivity index is 2.05. The van der Waals surface area contributed by atoms with Crippen LogP contribution < -0.4 is 5.32 Å². The van der Waals surface area contributed by atoms with Crippen LogP contribution in [0.4, 0.5) is 11.4 Å². The number of benzene rings is 1. The van der Waals surface area contributed by atoms with Gasteiger partial charge in [-0.25, -0.2) is 0 Å². The number of nitrogens with one attached hydrogen (secondary N) is 1. The van der Waals surface area contributed by atoms with Gasteiger partial charge in [-0.3, -0.25) is 14.9 Å². The Morgan fingerprint density at radius 3 is 2.79 bits per heavy atom. The Labute approximate surface area is 114 Å². The normalized spacial score (nSPS) is 10.2. The largest absolute Gasteiger partial charge is 0.326 e. The molecule has 1 heterocycles. The van der Waals surface area contributed by atoms with Gasteiger partial charge in [0, 0.05) is 22.2 Å². The van der Waals surface area contributed by atoms with Gasteiger partial charge in [-0.2, -0.15) is 0 Å². The molecule has 0 aliphatic heterocycles. The number of amides is 1. The third kappa shape index (κ3) is 3.38. The van der Waals surface area contributed by atoms with Gasteiger partial charge < -0.3 is 5.32 Å². The number of nitro benzene ring substituents is 1. The Hall–Kier alpha value is -2.21. The number of hydrogen-bond acceptors (Lipinski definition) is 4. The number of anilines is 1. The fraction of sp³-hybridized carbons (Fsp3) is 0.154. The smallest absolute Gasteiger partial charge is 0.272 e. The molecule has 6 heteroatoms. The number of nitro groups is 1. The van der Waals surface area contributed by atoms with Crippen LogP contribution in [0.25, 0.3) is 0 Å². The molecule has 0 bridgehead atoms. The number of rotatable bonds is 4. The molecule has 19 heavy (non-hydrogen) atoms. The van der Waals surface area contributed by atoms with Crippen molar-refractivity contribution in [3.8, 4) is 0 Å². The van der Waals surface area contributed by atoms with E-state index in [0.29, 0.717) is 17.7 Å². The second-order valence-corrected chi connectivity index (χ2v) is 5.09. The van der Waals surface area contributed by atoms with Gasteiger partial charge in [-0.15, -0.1) is 11.3 Å². The van der Waals surface area contributed by atoms with Crippen LogP contribution in [0, 0.1) is 17.0 Å². The fourth-order valence-electron chi connectivity index (χ4n) is 1.71. The van der Waals surface area contributed by atoms with E-state index in [1.807, 2.05) is 17.5 Å². The van der Waals surface area contributed by atoms with E-state index < -0.39 is 4.92 Å². The maximum Gasteiger partial charge on any atom is 0.272 e. The lowest BCUT2D eigenvalue weighted by Crippen LogP contribution is -2.13. The first-order valence-corrected chi connectivity index (χ1v) is 6.51. The zero-order valence-electron chi connectivity index (χ0n) is 10.3. The number of carbonyl (C=O) groups excluding carboxylic acids is 1. The minimum Gasteiger partial charge on any atom is -0.326 e. The molecule has 0 spiro atoms. The molecule has 0 fully saturated rings. The first-order chi connectivity index (χ1) is 9.06. The molecule has 0 aliphatic carbocycles. The molecule has 2 aromatic rings. The molecule has 1 amide bonds. The summed E-state index contributed by atoms with van der Waals surface area (Å²) in [5, 5.41) is 15.3. The van der Waals surface area contributed by atoms with Crippen LogP contribution >= 0.6 is 11.3 Å². The van der Waals surface area contributed by atoms with Crippen LogP contribution in [0.15, 0.2) is 35.7 Å². The number of nitrogens with zero attached hydrogens (tertiary/aromatic N) is 1. The molecule has 1 N–H and O–H groups in total. The maximum atomic E-state index is 11.8. The second-order valence-electron chi connectivity index (χ2n) is 4.06. The van der Waals surface area contributed by atoms with Crippen LogP contribution in [0.3, 0.4) is 0 Å². The van der Waals surface area contributed by atoms with Crippen LogP contribution in [0.1, 0.15) is 10.4 Å². The van der Waals surface area contributed by atoms with Crippen LogP contribution in [-0.2, 0) is 11.2 Å². The van der Waals surface area contributed by atoms with Gasteiger partial charge in [0.15, 0.2) is 0 Å². The Kier molecular flexibility index (Phi) is 3.91. The molecule has 0 atom stereocenters. The van der Waals surface area contributed by atoms with Crippen molar-refractivity contribution in [2.45, 2.75) is 13.3 Å². The van der Waals surface area contributed by atoms with Crippen molar-refractivity contribution < 1.29 is 9.72 Å². The average Bonchev–Trinajstić information content (AvgIpc) is 2.81. The maximum absolute atomic E-state index is 11.8. The van der Waals surface area contributed by atoms with Gasteiger partial charge in [0.2, 0.25) is 5.91 Å². The monoisotopic (exact) mass is 276 g/mol. The highest BCUT2D eigenvalue weighted by molar-refractivity contribution is 7.10. The summed E-state index contributed by atoms with van der Waals surface area (Å²) in [6.45, 7) is 1.65. The minimum atomic E-state index is -0.438. The van der Waals surface area contributed by atoms with Crippen molar-refractivity contribution in [1.29, 1.82) is 0 Å². The zero-order chi connectivity index (χ0) is 13.8. The Bertz CT molecular complexity index is 608. The molecule has 1 aromatic carbocycles. The highest BCUT2D eigenvalue weighted by Crippen LogP contribution is 2.21. The van der Waals surface area contributed by atoms with Gasteiger partial charge in [0.25, 0.3) is 5.69 Å². The predicted molar refractivity (Wildman–Crippen MR) is 74.5 cm³/mol. The second kappa shape index (κ2) is 5.62. The predicted octanol–water partition coefficient (Wildman–Crippen LogP) is 3.15. The molecule has 0 radical (unpaired) electrons. The van der Waals surface area contributed by atoms with Crippen molar-refractivity contribution in [1.82, 2.24) is 0 Å². The quantitative estimate of drug-likeness (QED) is 0.688. The van der Waals surface area contributed by atoms with E-state index in [-0.39, 0.29) is 11.6 Å². The minimum absolute atomic E-state index is 0.0521. The van der Waals surface area contributed by atoms with Crippen molar-refractivity contribution in [2.24, 2.45) is 0 Å². The van der Waals surface area contributed by atoms with E-state index >= 15 is 0 Å². The number of hydrogen-bond donors (Lipinski definition) is 1. The highest BCUT2D eigenvalue weighted by atomic mass is 32.1. The first-order valence-electron chi connectivity index (χ1n) is 5.63. The summed E-state index contributed by atoms with van der Waals surface area (Å²) in [6.07, 6.45) is 0.313. The summed E-state index contributed by atoms with van der Waals surface area (Å²) in [4.78, 5) is 23.0. The van der Waals surface area contributed by atoms with E-state index in [0.717, 1.165) is 4.88 Å². The van der Waals surface area contributed by atoms with Crippen molar-refractivity contribution in [3.63, 3.8) is 0 Å². The SMILES string of the molecule is Cc1cc(NC(=O)Cc2cccs2)ccc1[N+](=O)[O-]. The molecule has 98 valence electrons. The zero-order valence-corrected chi connectivity index (χ0v) is 11.1. The first kappa shape index (κ1) is 13.2. The average molecular weight is 276 g/mol. The molecule has 0 aliphatic rings. The number of aryl methyl sites for hydroxylation is 1. The van der Waals surface area contributed by atoms with Gasteiger partial charge in [-0.05, 0) is 30.5 Å². The number of thiophene rings is 1. The lowest BCUT2D eigenvalue weighted by Gasteiger charge is -2.05. The Morgan fingerprint density at radius 2 is 2.21 bits per heavy atom. The molecule has 2 rings (SSSR count). The summed E-state index contributed by atoms with van der Waals surface area (Å²) < 4.78 is 0. The third-order valence-corrected chi connectivity index (χ3v) is 3.47. The summed E-state index contributed by atoms with van der Waals surface area (Å²) in [6, 6.07) is 8.33. The van der Waals surface area contributed by atoms with E-state index in [1.54, 1.807) is 13.0 Å². The lowest BCUT2D eigenvalue weighted by atomic mass is 10.2. The van der Waals surface area contributed by atoms with E-state index in [4.69, 9.17) is 0 Å². The molecule has 0 unspecified atom stereocenters. The summed E-state index contributed by atoms with van der Waals surface area (Å²) in [5.41, 5.74) is 1.15. The van der Waals surface area contributed by atoms with Gasteiger partial charge in [-0.1, -0.05) is 6.07 Å². The van der Waals surface area contributed by atoms with E-state index in [2.05, 4.69) is 5.32 Å². The Morgan fingerprint density at radius 1 is 1.42 bits per heavy atom.